The average molecular weight is 260 g/mol. The first kappa shape index (κ1) is 14.1. The van der Waals surface area contributed by atoms with Crippen molar-refractivity contribution in [2.24, 2.45) is 17.6 Å². The van der Waals surface area contributed by atoms with Crippen LogP contribution in [0.5, 0.6) is 0 Å². The fraction of sp³-hybridized carbons (Fsp3) is 0.562. The highest BCUT2D eigenvalue weighted by Gasteiger charge is 2.25. The van der Waals surface area contributed by atoms with Gasteiger partial charge >= 0.3 is 0 Å². The second kappa shape index (κ2) is 7.29. The van der Waals surface area contributed by atoms with Crippen LogP contribution in [-0.2, 0) is 11.2 Å². The molecule has 1 fully saturated rings. The number of hydrogen-bond donors (Lipinski definition) is 2. The number of carbonyl (C=O) groups is 1. The van der Waals surface area contributed by atoms with Gasteiger partial charge in [-0.2, -0.15) is 0 Å². The van der Waals surface area contributed by atoms with Gasteiger partial charge in [0.25, 0.3) is 0 Å². The molecule has 1 aliphatic rings. The van der Waals surface area contributed by atoms with E-state index in [9.17, 15) is 4.79 Å². The minimum atomic E-state index is 0.207. The summed E-state index contributed by atoms with van der Waals surface area (Å²) in [7, 11) is 0. The molecule has 0 atom stereocenters. The Balaban J connectivity index is 1.67. The first-order valence-corrected chi connectivity index (χ1v) is 7.31. The molecular weight excluding hydrogens is 236 g/mol. The van der Waals surface area contributed by atoms with Gasteiger partial charge in [0.1, 0.15) is 0 Å². The van der Waals surface area contributed by atoms with Crippen LogP contribution in [0.15, 0.2) is 30.3 Å². The van der Waals surface area contributed by atoms with Gasteiger partial charge < -0.3 is 11.1 Å². The van der Waals surface area contributed by atoms with Gasteiger partial charge in [-0.3, -0.25) is 4.79 Å². The molecule has 0 aliphatic heterocycles. The van der Waals surface area contributed by atoms with Gasteiger partial charge in [0.05, 0.1) is 0 Å². The zero-order valence-electron chi connectivity index (χ0n) is 11.5. The lowest BCUT2D eigenvalue weighted by atomic mass is 9.81. The maximum absolute atomic E-state index is 12.0. The molecule has 3 N–H and O–H groups in total. The molecular formula is C16H24N2O. The fourth-order valence-electron chi connectivity index (χ4n) is 2.78. The highest BCUT2D eigenvalue weighted by atomic mass is 16.1. The molecule has 0 bridgehead atoms. The minimum absolute atomic E-state index is 0.207. The van der Waals surface area contributed by atoms with Crippen LogP contribution in [0.1, 0.15) is 31.2 Å². The molecule has 0 spiro atoms. The third-order valence-electron chi connectivity index (χ3n) is 4.11. The lowest BCUT2D eigenvalue weighted by Crippen LogP contribution is -2.35. The highest BCUT2D eigenvalue weighted by Crippen LogP contribution is 2.28. The standard InChI is InChI=1S/C16H24N2O/c17-12-14-6-8-15(9-7-14)16(19)18-11-10-13-4-2-1-3-5-13/h1-5,14-15H,6-12,17H2,(H,18,19). The molecule has 19 heavy (non-hydrogen) atoms. The number of rotatable bonds is 5. The van der Waals surface area contributed by atoms with Crippen molar-refractivity contribution in [3.8, 4) is 0 Å². The van der Waals surface area contributed by atoms with Gasteiger partial charge in [-0.15, -0.1) is 0 Å². The van der Waals surface area contributed by atoms with E-state index in [1.165, 1.54) is 5.56 Å². The molecule has 0 unspecified atom stereocenters. The van der Waals surface area contributed by atoms with Crippen LogP contribution in [0.25, 0.3) is 0 Å². The molecule has 1 aliphatic carbocycles. The van der Waals surface area contributed by atoms with Crippen LogP contribution in [-0.4, -0.2) is 19.0 Å². The van der Waals surface area contributed by atoms with Gasteiger partial charge in [0.15, 0.2) is 0 Å². The summed E-state index contributed by atoms with van der Waals surface area (Å²) in [6, 6.07) is 10.3. The molecule has 1 amide bonds. The molecule has 2 rings (SSSR count). The maximum Gasteiger partial charge on any atom is 0.223 e. The molecule has 104 valence electrons. The zero-order valence-corrected chi connectivity index (χ0v) is 11.5. The number of amides is 1. The first-order valence-electron chi connectivity index (χ1n) is 7.31. The lowest BCUT2D eigenvalue weighted by Gasteiger charge is -2.26. The van der Waals surface area contributed by atoms with Crippen LogP contribution in [0.4, 0.5) is 0 Å². The maximum atomic E-state index is 12.0. The molecule has 0 saturated heterocycles. The predicted octanol–water partition coefficient (Wildman–Crippen LogP) is 2.11. The van der Waals surface area contributed by atoms with Gasteiger partial charge in [-0.1, -0.05) is 30.3 Å². The van der Waals surface area contributed by atoms with Crippen LogP contribution < -0.4 is 11.1 Å². The molecule has 0 aromatic heterocycles. The third kappa shape index (κ3) is 4.35. The second-order valence-electron chi connectivity index (χ2n) is 5.48. The number of benzene rings is 1. The molecule has 1 saturated carbocycles. The molecule has 0 heterocycles. The SMILES string of the molecule is NCC1CCC(C(=O)NCCc2ccccc2)CC1. The van der Waals surface area contributed by atoms with Crippen molar-refractivity contribution in [3.63, 3.8) is 0 Å². The van der Waals surface area contributed by atoms with E-state index in [4.69, 9.17) is 5.73 Å². The molecule has 1 aromatic rings. The summed E-state index contributed by atoms with van der Waals surface area (Å²) >= 11 is 0. The number of nitrogens with two attached hydrogens (primary N) is 1. The summed E-state index contributed by atoms with van der Waals surface area (Å²) in [5, 5.41) is 3.06. The number of hydrogen-bond acceptors (Lipinski definition) is 2. The summed E-state index contributed by atoms with van der Waals surface area (Å²) in [6.07, 6.45) is 5.11. The van der Waals surface area contributed by atoms with Gasteiger partial charge in [0.2, 0.25) is 5.91 Å². The minimum Gasteiger partial charge on any atom is -0.356 e. The fourth-order valence-corrected chi connectivity index (χ4v) is 2.78. The Hall–Kier alpha value is -1.35. The largest absolute Gasteiger partial charge is 0.356 e. The van der Waals surface area contributed by atoms with E-state index in [-0.39, 0.29) is 11.8 Å². The Morgan fingerprint density at radius 1 is 1.16 bits per heavy atom. The van der Waals surface area contributed by atoms with E-state index in [2.05, 4.69) is 17.4 Å². The van der Waals surface area contributed by atoms with Gasteiger partial charge in [-0.05, 0) is 50.1 Å². The summed E-state index contributed by atoms with van der Waals surface area (Å²) in [5.74, 6) is 1.07. The summed E-state index contributed by atoms with van der Waals surface area (Å²) in [4.78, 5) is 12.0. The first-order chi connectivity index (χ1) is 9.29. The summed E-state index contributed by atoms with van der Waals surface area (Å²) in [6.45, 7) is 1.50. The van der Waals surface area contributed by atoms with E-state index >= 15 is 0 Å². The molecule has 0 radical (unpaired) electrons. The van der Waals surface area contributed by atoms with E-state index in [0.717, 1.165) is 45.2 Å². The normalized spacial score (nSPS) is 23.0. The highest BCUT2D eigenvalue weighted by molar-refractivity contribution is 5.78. The Morgan fingerprint density at radius 2 is 1.84 bits per heavy atom. The third-order valence-corrected chi connectivity index (χ3v) is 4.11. The monoisotopic (exact) mass is 260 g/mol. The van der Waals surface area contributed by atoms with Crippen molar-refractivity contribution in [1.82, 2.24) is 5.32 Å². The Bertz CT molecular complexity index is 383. The van der Waals surface area contributed by atoms with Gasteiger partial charge in [-0.25, -0.2) is 0 Å². The van der Waals surface area contributed by atoms with E-state index in [1.807, 2.05) is 18.2 Å². The summed E-state index contributed by atoms with van der Waals surface area (Å²) in [5.41, 5.74) is 6.94. The predicted molar refractivity (Wildman–Crippen MR) is 77.7 cm³/mol. The van der Waals surface area contributed by atoms with E-state index in [0.29, 0.717) is 5.92 Å². The topological polar surface area (TPSA) is 55.1 Å². The van der Waals surface area contributed by atoms with Crippen molar-refractivity contribution >= 4 is 5.91 Å². The Labute approximate surface area is 115 Å². The molecule has 3 heteroatoms. The second-order valence-corrected chi connectivity index (χ2v) is 5.48. The smallest absolute Gasteiger partial charge is 0.223 e. The Kier molecular flexibility index (Phi) is 5.40. The van der Waals surface area contributed by atoms with E-state index < -0.39 is 0 Å². The van der Waals surface area contributed by atoms with Gasteiger partial charge in [0, 0.05) is 12.5 Å². The zero-order chi connectivity index (χ0) is 13.5. The number of carbonyl (C=O) groups excluding carboxylic acids is 1. The van der Waals surface area contributed by atoms with Crippen molar-refractivity contribution in [3.05, 3.63) is 35.9 Å². The lowest BCUT2D eigenvalue weighted by molar-refractivity contribution is -0.126. The van der Waals surface area contributed by atoms with Crippen molar-refractivity contribution < 1.29 is 4.79 Å². The van der Waals surface area contributed by atoms with Crippen molar-refractivity contribution in [2.75, 3.05) is 13.1 Å². The van der Waals surface area contributed by atoms with Crippen molar-refractivity contribution in [2.45, 2.75) is 32.1 Å². The molecule has 1 aromatic carbocycles. The molecule has 3 nitrogen and oxygen atoms in total. The summed E-state index contributed by atoms with van der Waals surface area (Å²) < 4.78 is 0. The Morgan fingerprint density at radius 3 is 2.47 bits per heavy atom. The van der Waals surface area contributed by atoms with Crippen LogP contribution in [0.2, 0.25) is 0 Å². The van der Waals surface area contributed by atoms with E-state index in [1.54, 1.807) is 0 Å². The van der Waals surface area contributed by atoms with Crippen molar-refractivity contribution in [1.29, 1.82) is 0 Å². The van der Waals surface area contributed by atoms with Crippen LogP contribution >= 0.6 is 0 Å². The number of nitrogens with one attached hydrogen (secondary N) is 1. The quantitative estimate of drug-likeness (QED) is 0.852. The average Bonchev–Trinajstić information content (AvgIpc) is 2.48. The van der Waals surface area contributed by atoms with Crippen LogP contribution in [0, 0.1) is 11.8 Å². The van der Waals surface area contributed by atoms with Crippen LogP contribution in [0.3, 0.4) is 0 Å².